The van der Waals surface area contributed by atoms with Crippen LogP contribution >= 0.6 is 0 Å². The second-order valence-electron chi connectivity index (χ2n) is 7.25. The maximum absolute atomic E-state index is 12.9. The highest BCUT2D eigenvalue weighted by atomic mass is 16.5. The summed E-state index contributed by atoms with van der Waals surface area (Å²) in [5.74, 6) is 0.242. The number of ether oxygens (including phenoxy) is 1. The van der Waals surface area contributed by atoms with Gasteiger partial charge in [-0.25, -0.2) is 4.98 Å². The fraction of sp³-hybridized carbons (Fsp3) is 0.350. The van der Waals surface area contributed by atoms with Gasteiger partial charge in [0.15, 0.2) is 0 Å². The van der Waals surface area contributed by atoms with E-state index < -0.39 is 0 Å². The van der Waals surface area contributed by atoms with E-state index >= 15 is 0 Å². The molecule has 0 saturated carbocycles. The van der Waals surface area contributed by atoms with Gasteiger partial charge in [-0.1, -0.05) is 6.07 Å². The van der Waals surface area contributed by atoms with Crippen molar-refractivity contribution in [2.45, 2.75) is 38.3 Å². The predicted molar refractivity (Wildman–Crippen MR) is 98.9 cm³/mol. The highest BCUT2D eigenvalue weighted by Gasteiger charge is 2.30. The third kappa shape index (κ3) is 3.20. The molecule has 0 aromatic carbocycles. The number of amides is 1. The van der Waals surface area contributed by atoms with E-state index in [1.165, 1.54) is 0 Å². The zero-order valence-corrected chi connectivity index (χ0v) is 15.0. The third-order valence-corrected chi connectivity index (χ3v) is 4.74. The highest BCUT2D eigenvalue weighted by Crippen LogP contribution is 2.26. The van der Waals surface area contributed by atoms with Gasteiger partial charge in [-0.2, -0.15) is 0 Å². The van der Waals surface area contributed by atoms with E-state index in [4.69, 9.17) is 4.74 Å². The van der Waals surface area contributed by atoms with Gasteiger partial charge in [-0.15, -0.1) is 0 Å². The topological polar surface area (TPSA) is 68.5 Å². The largest absolute Gasteiger partial charge is 0.375 e. The molecule has 1 aliphatic heterocycles. The molecule has 6 heteroatoms. The van der Waals surface area contributed by atoms with E-state index in [2.05, 4.69) is 29.1 Å². The third-order valence-electron chi connectivity index (χ3n) is 4.74. The van der Waals surface area contributed by atoms with E-state index in [1.807, 2.05) is 40.9 Å². The van der Waals surface area contributed by atoms with Crippen LogP contribution < -0.4 is 5.32 Å². The van der Waals surface area contributed by atoms with E-state index in [-0.39, 0.29) is 17.6 Å². The maximum Gasteiger partial charge on any atom is 0.287 e. The number of hydrogen-bond donors (Lipinski definition) is 1. The molecule has 26 heavy (non-hydrogen) atoms. The molecule has 0 radical (unpaired) electrons. The van der Waals surface area contributed by atoms with Crippen molar-refractivity contribution < 1.29 is 9.53 Å². The number of nitrogens with one attached hydrogen (secondary N) is 1. The van der Waals surface area contributed by atoms with Crippen LogP contribution in [-0.2, 0) is 4.74 Å². The number of hydrogen-bond acceptors (Lipinski definition) is 4. The molecule has 1 N–H and O–H groups in total. The van der Waals surface area contributed by atoms with Crippen molar-refractivity contribution in [3.8, 4) is 11.3 Å². The Morgan fingerprint density at radius 2 is 2.08 bits per heavy atom. The molecule has 4 rings (SSSR count). The average molecular weight is 350 g/mol. The number of imidazole rings is 1. The van der Waals surface area contributed by atoms with E-state index in [9.17, 15) is 4.79 Å². The lowest BCUT2D eigenvalue weighted by Gasteiger charge is -2.35. The van der Waals surface area contributed by atoms with Crippen LogP contribution in [0, 0.1) is 0 Å². The van der Waals surface area contributed by atoms with Crippen LogP contribution in [0.5, 0.6) is 0 Å². The van der Waals surface area contributed by atoms with Crippen LogP contribution in [0.3, 0.4) is 0 Å². The summed E-state index contributed by atoms with van der Waals surface area (Å²) < 4.78 is 7.58. The van der Waals surface area contributed by atoms with Crippen molar-refractivity contribution in [2.24, 2.45) is 0 Å². The van der Waals surface area contributed by atoms with Crippen molar-refractivity contribution >= 4 is 11.4 Å². The first-order valence-corrected chi connectivity index (χ1v) is 8.86. The monoisotopic (exact) mass is 350 g/mol. The molecule has 1 aliphatic rings. The second kappa shape index (κ2) is 6.53. The van der Waals surface area contributed by atoms with Gasteiger partial charge < -0.3 is 10.1 Å². The molecule has 1 unspecified atom stereocenters. The van der Waals surface area contributed by atoms with Gasteiger partial charge in [-0.3, -0.25) is 14.2 Å². The van der Waals surface area contributed by atoms with Gasteiger partial charge in [0.05, 0.1) is 16.8 Å². The Bertz CT molecular complexity index is 933. The molecule has 4 heterocycles. The van der Waals surface area contributed by atoms with Crippen molar-refractivity contribution in [3.63, 3.8) is 0 Å². The van der Waals surface area contributed by atoms with Gasteiger partial charge in [-0.05, 0) is 51.0 Å². The standard InChI is InChI=1S/C20H22N4O2/c1-20(2)13-15(8-12-26-20)22-19(25)18-23-17(14-6-9-21-10-7-14)16-5-3-4-11-24(16)18/h3-7,9-11,15H,8,12-13H2,1-2H3,(H,22,25). The predicted octanol–water partition coefficient (Wildman–Crippen LogP) is 3.08. The van der Waals surface area contributed by atoms with Gasteiger partial charge in [0.1, 0.15) is 0 Å². The van der Waals surface area contributed by atoms with Crippen molar-refractivity contribution in [1.82, 2.24) is 19.7 Å². The number of carbonyl (C=O) groups excluding carboxylic acids is 1. The zero-order valence-electron chi connectivity index (χ0n) is 15.0. The summed E-state index contributed by atoms with van der Waals surface area (Å²) >= 11 is 0. The minimum atomic E-state index is -0.215. The Kier molecular flexibility index (Phi) is 4.20. The molecule has 0 spiro atoms. The number of rotatable bonds is 3. The molecule has 3 aromatic heterocycles. The number of nitrogens with zero attached hydrogens (tertiary/aromatic N) is 3. The molecule has 1 amide bonds. The average Bonchev–Trinajstić information content (AvgIpc) is 3.01. The Hall–Kier alpha value is -2.73. The Morgan fingerprint density at radius 3 is 2.85 bits per heavy atom. The smallest absolute Gasteiger partial charge is 0.287 e. The molecule has 1 fully saturated rings. The zero-order chi connectivity index (χ0) is 18.1. The molecule has 0 aliphatic carbocycles. The van der Waals surface area contributed by atoms with Gasteiger partial charge >= 0.3 is 0 Å². The van der Waals surface area contributed by atoms with E-state index in [0.29, 0.717) is 12.4 Å². The molecule has 3 aromatic rings. The van der Waals surface area contributed by atoms with Gasteiger partial charge in [0, 0.05) is 36.8 Å². The Labute approximate surface area is 152 Å². The summed E-state index contributed by atoms with van der Waals surface area (Å²) in [6, 6.07) is 9.71. The highest BCUT2D eigenvalue weighted by molar-refractivity contribution is 5.94. The summed E-state index contributed by atoms with van der Waals surface area (Å²) in [4.78, 5) is 21.6. The van der Waals surface area contributed by atoms with E-state index in [1.54, 1.807) is 12.4 Å². The summed E-state index contributed by atoms with van der Waals surface area (Å²) in [6.45, 7) is 4.76. The second-order valence-corrected chi connectivity index (χ2v) is 7.25. The molecule has 134 valence electrons. The summed E-state index contributed by atoms with van der Waals surface area (Å²) in [7, 11) is 0. The molecule has 1 atom stereocenters. The number of fused-ring (bicyclic) bond motifs is 1. The van der Waals surface area contributed by atoms with Crippen LogP contribution in [0.4, 0.5) is 0 Å². The van der Waals surface area contributed by atoms with Crippen LogP contribution in [0.15, 0.2) is 48.9 Å². The van der Waals surface area contributed by atoms with Crippen LogP contribution in [0.25, 0.3) is 16.8 Å². The quantitative estimate of drug-likeness (QED) is 0.788. The first-order valence-electron chi connectivity index (χ1n) is 8.86. The molecule has 1 saturated heterocycles. The fourth-order valence-corrected chi connectivity index (χ4v) is 3.53. The Morgan fingerprint density at radius 1 is 1.27 bits per heavy atom. The number of aromatic nitrogens is 3. The van der Waals surface area contributed by atoms with Crippen molar-refractivity contribution in [2.75, 3.05) is 6.61 Å². The van der Waals surface area contributed by atoms with Crippen LogP contribution in [0.1, 0.15) is 37.3 Å². The first kappa shape index (κ1) is 16.7. The van der Waals surface area contributed by atoms with Gasteiger partial charge in [0.2, 0.25) is 5.82 Å². The lowest BCUT2D eigenvalue weighted by atomic mass is 9.94. The summed E-state index contributed by atoms with van der Waals surface area (Å²) in [5, 5.41) is 3.13. The lowest BCUT2D eigenvalue weighted by Crippen LogP contribution is -2.46. The minimum Gasteiger partial charge on any atom is -0.375 e. The number of carbonyl (C=O) groups is 1. The molecule has 0 bridgehead atoms. The summed E-state index contributed by atoms with van der Waals surface area (Å²) in [6.07, 6.45) is 6.94. The normalized spacial score (nSPS) is 19.4. The molecular weight excluding hydrogens is 328 g/mol. The summed E-state index contributed by atoms with van der Waals surface area (Å²) in [5.41, 5.74) is 2.41. The fourth-order valence-electron chi connectivity index (χ4n) is 3.53. The number of pyridine rings is 2. The maximum atomic E-state index is 12.9. The Balaban J connectivity index is 1.67. The lowest BCUT2D eigenvalue weighted by molar-refractivity contribution is -0.0615. The minimum absolute atomic E-state index is 0.0895. The molecular formula is C20H22N4O2. The van der Waals surface area contributed by atoms with Crippen molar-refractivity contribution in [3.05, 3.63) is 54.7 Å². The SMILES string of the molecule is CC1(C)CC(NC(=O)c2nc(-c3ccncc3)c3ccccn23)CCO1. The van der Waals surface area contributed by atoms with Crippen molar-refractivity contribution in [1.29, 1.82) is 0 Å². The van der Waals surface area contributed by atoms with Crippen LogP contribution in [-0.4, -0.2) is 38.5 Å². The van der Waals surface area contributed by atoms with Gasteiger partial charge in [0.25, 0.3) is 5.91 Å². The first-order chi connectivity index (χ1) is 12.5. The van der Waals surface area contributed by atoms with Crippen LogP contribution in [0.2, 0.25) is 0 Å². The molecule has 6 nitrogen and oxygen atoms in total. The van der Waals surface area contributed by atoms with E-state index in [0.717, 1.165) is 29.6 Å².